The van der Waals surface area contributed by atoms with Gasteiger partial charge in [0.25, 0.3) is 14.2 Å². The van der Waals surface area contributed by atoms with Crippen LogP contribution in [0, 0.1) is 11.8 Å². The molecule has 18 heavy (non-hydrogen) atoms. The average molecular weight is 294 g/mol. The quantitative estimate of drug-likeness (QED) is 0.756. The largest absolute Gasteiger partial charge is 0.301 e. The maximum Gasteiger partial charge on any atom is 0.296 e. The second-order valence-corrected chi connectivity index (χ2v) is 7.73. The Labute approximate surface area is 113 Å². The summed E-state index contributed by atoms with van der Waals surface area (Å²) < 4.78 is 24.5. The maximum absolute atomic E-state index is 11.4. The number of nitrogens with zero attached hydrogens (tertiary/aromatic N) is 3. The summed E-state index contributed by atoms with van der Waals surface area (Å²) in [5, 5.41) is 7.53. The number of rotatable bonds is 6. The lowest BCUT2D eigenvalue weighted by Crippen LogP contribution is -2.14. The Hall–Kier alpha value is -0.620. The standard InChI is InChI=1S/C11H20ClN3O2S/c1-8(2)5-6-10-13-14-11(18(12,16)17)15(10)7-9(3)4/h8-9H,5-7H2,1-4H3. The van der Waals surface area contributed by atoms with Gasteiger partial charge in [-0.15, -0.1) is 10.2 Å². The van der Waals surface area contributed by atoms with E-state index in [4.69, 9.17) is 10.7 Å². The Bertz CT molecular complexity index is 494. The van der Waals surface area contributed by atoms with E-state index in [0.717, 1.165) is 6.42 Å². The number of hydrogen-bond acceptors (Lipinski definition) is 4. The summed E-state index contributed by atoms with van der Waals surface area (Å²) in [5.74, 6) is 1.53. The van der Waals surface area contributed by atoms with Crippen LogP contribution in [0.5, 0.6) is 0 Å². The summed E-state index contributed by atoms with van der Waals surface area (Å²) in [6.45, 7) is 8.81. The Morgan fingerprint density at radius 1 is 1.17 bits per heavy atom. The van der Waals surface area contributed by atoms with E-state index in [1.54, 1.807) is 4.57 Å². The van der Waals surface area contributed by atoms with Gasteiger partial charge in [0.1, 0.15) is 5.82 Å². The van der Waals surface area contributed by atoms with Crippen molar-refractivity contribution in [3.8, 4) is 0 Å². The Morgan fingerprint density at radius 3 is 2.22 bits per heavy atom. The second-order valence-electron chi connectivity index (χ2n) is 5.27. The summed E-state index contributed by atoms with van der Waals surface area (Å²) in [5.41, 5.74) is 0. The lowest BCUT2D eigenvalue weighted by atomic mass is 10.1. The molecule has 5 nitrogen and oxygen atoms in total. The molecule has 0 aliphatic carbocycles. The minimum absolute atomic E-state index is 0.142. The first kappa shape index (κ1) is 15.4. The highest BCUT2D eigenvalue weighted by Crippen LogP contribution is 2.18. The fraction of sp³-hybridized carbons (Fsp3) is 0.818. The SMILES string of the molecule is CC(C)CCc1nnc(S(=O)(=O)Cl)n1CC(C)C. The molecule has 0 atom stereocenters. The van der Waals surface area contributed by atoms with Crippen LogP contribution in [0.15, 0.2) is 5.16 Å². The Kier molecular flexibility index (Phi) is 5.16. The molecule has 1 aromatic rings. The summed E-state index contributed by atoms with van der Waals surface area (Å²) in [7, 11) is 1.54. The molecule has 104 valence electrons. The van der Waals surface area contributed by atoms with Crippen molar-refractivity contribution < 1.29 is 8.42 Å². The summed E-state index contributed by atoms with van der Waals surface area (Å²) in [6, 6.07) is 0. The first-order valence-corrected chi connectivity index (χ1v) is 8.39. The van der Waals surface area contributed by atoms with E-state index in [-0.39, 0.29) is 5.16 Å². The molecule has 0 unspecified atom stereocenters. The minimum Gasteiger partial charge on any atom is -0.301 e. The fourth-order valence-electron chi connectivity index (χ4n) is 1.65. The Balaban J connectivity index is 3.07. The van der Waals surface area contributed by atoms with Crippen molar-refractivity contribution in [3.63, 3.8) is 0 Å². The zero-order valence-electron chi connectivity index (χ0n) is 11.2. The number of hydrogen-bond donors (Lipinski definition) is 0. The summed E-state index contributed by atoms with van der Waals surface area (Å²) in [4.78, 5) is 0. The molecular weight excluding hydrogens is 274 g/mol. The van der Waals surface area contributed by atoms with Crippen molar-refractivity contribution in [3.05, 3.63) is 5.82 Å². The van der Waals surface area contributed by atoms with E-state index < -0.39 is 9.05 Å². The highest BCUT2D eigenvalue weighted by molar-refractivity contribution is 8.13. The lowest BCUT2D eigenvalue weighted by molar-refractivity contribution is 0.462. The van der Waals surface area contributed by atoms with Crippen molar-refractivity contribution in [2.24, 2.45) is 11.8 Å². The van der Waals surface area contributed by atoms with Crippen LogP contribution >= 0.6 is 10.7 Å². The highest BCUT2D eigenvalue weighted by atomic mass is 35.7. The maximum atomic E-state index is 11.4. The van der Waals surface area contributed by atoms with Gasteiger partial charge in [0.2, 0.25) is 0 Å². The van der Waals surface area contributed by atoms with Gasteiger partial charge in [-0.1, -0.05) is 27.7 Å². The number of aromatic nitrogens is 3. The van der Waals surface area contributed by atoms with Gasteiger partial charge in [0.05, 0.1) is 0 Å². The average Bonchev–Trinajstić information content (AvgIpc) is 2.56. The molecule has 1 heterocycles. The summed E-state index contributed by atoms with van der Waals surface area (Å²) in [6.07, 6.45) is 1.66. The van der Waals surface area contributed by atoms with E-state index in [2.05, 4.69) is 24.0 Å². The third-order valence-corrected chi connectivity index (χ3v) is 3.66. The molecule has 0 aromatic carbocycles. The molecule has 0 bridgehead atoms. The molecule has 0 fully saturated rings. The minimum atomic E-state index is -3.84. The smallest absolute Gasteiger partial charge is 0.296 e. The van der Waals surface area contributed by atoms with Crippen LogP contribution in [0.2, 0.25) is 0 Å². The molecule has 1 aromatic heterocycles. The molecule has 0 aliphatic heterocycles. The van der Waals surface area contributed by atoms with Gasteiger partial charge in [-0.05, 0) is 18.3 Å². The van der Waals surface area contributed by atoms with Crippen LogP contribution in [-0.4, -0.2) is 23.2 Å². The van der Waals surface area contributed by atoms with Crippen LogP contribution in [0.1, 0.15) is 39.9 Å². The topological polar surface area (TPSA) is 64.8 Å². The zero-order valence-corrected chi connectivity index (χ0v) is 12.8. The van der Waals surface area contributed by atoms with E-state index in [0.29, 0.717) is 30.6 Å². The van der Waals surface area contributed by atoms with E-state index in [9.17, 15) is 8.42 Å². The molecule has 7 heteroatoms. The molecule has 0 amide bonds. The highest BCUT2D eigenvalue weighted by Gasteiger charge is 2.22. The van der Waals surface area contributed by atoms with Crippen molar-refractivity contribution in [2.45, 2.75) is 52.2 Å². The monoisotopic (exact) mass is 293 g/mol. The molecule has 0 saturated carbocycles. The van der Waals surface area contributed by atoms with Crippen molar-refractivity contribution >= 4 is 19.7 Å². The second kappa shape index (κ2) is 6.02. The molecular formula is C11H20ClN3O2S. The van der Waals surface area contributed by atoms with Crippen LogP contribution < -0.4 is 0 Å². The van der Waals surface area contributed by atoms with Crippen LogP contribution in [0.3, 0.4) is 0 Å². The van der Waals surface area contributed by atoms with Crippen LogP contribution in [0.4, 0.5) is 0 Å². The van der Waals surface area contributed by atoms with Crippen LogP contribution in [-0.2, 0) is 22.0 Å². The van der Waals surface area contributed by atoms with Crippen molar-refractivity contribution in [2.75, 3.05) is 0 Å². The summed E-state index contributed by atoms with van der Waals surface area (Å²) >= 11 is 0. The molecule has 0 spiro atoms. The third kappa shape index (κ3) is 4.24. The van der Waals surface area contributed by atoms with Crippen LogP contribution in [0.25, 0.3) is 0 Å². The first-order valence-electron chi connectivity index (χ1n) is 6.08. The van der Waals surface area contributed by atoms with Gasteiger partial charge in [-0.25, -0.2) is 8.42 Å². The molecule has 0 saturated heterocycles. The van der Waals surface area contributed by atoms with E-state index in [1.165, 1.54) is 0 Å². The molecule has 0 radical (unpaired) electrons. The van der Waals surface area contributed by atoms with Gasteiger partial charge >= 0.3 is 0 Å². The Morgan fingerprint density at radius 2 is 1.78 bits per heavy atom. The number of halogens is 1. The van der Waals surface area contributed by atoms with E-state index >= 15 is 0 Å². The van der Waals surface area contributed by atoms with E-state index in [1.807, 2.05) is 13.8 Å². The van der Waals surface area contributed by atoms with Crippen molar-refractivity contribution in [1.82, 2.24) is 14.8 Å². The third-order valence-electron chi connectivity index (χ3n) is 2.50. The normalized spacial score (nSPS) is 12.6. The predicted molar refractivity (Wildman–Crippen MR) is 71.1 cm³/mol. The van der Waals surface area contributed by atoms with Gasteiger partial charge in [-0.2, -0.15) is 0 Å². The zero-order chi connectivity index (χ0) is 13.9. The number of aryl methyl sites for hydroxylation is 1. The van der Waals surface area contributed by atoms with Gasteiger partial charge < -0.3 is 4.57 Å². The van der Waals surface area contributed by atoms with Gasteiger partial charge in [0, 0.05) is 23.6 Å². The van der Waals surface area contributed by atoms with Crippen molar-refractivity contribution in [1.29, 1.82) is 0 Å². The molecule has 1 rings (SSSR count). The fourth-order valence-corrected chi connectivity index (χ4v) is 2.57. The lowest BCUT2D eigenvalue weighted by Gasteiger charge is -2.11. The molecule has 0 N–H and O–H groups in total. The predicted octanol–water partition coefficient (Wildman–Crippen LogP) is 2.45. The van der Waals surface area contributed by atoms with Gasteiger partial charge in [0.15, 0.2) is 0 Å². The molecule has 0 aliphatic rings. The first-order chi connectivity index (χ1) is 8.21. The van der Waals surface area contributed by atoms with Gasteiger partial charge in [-0.3, -0.25) is 0 Å².